The van der Waals surface area contributed by atoms with E-state index in [9.17, 15) is 39.7 Å². The van der Waals surface area contributed by atoms with Crippen LogP contribution in [0.25, 0.3) is 0 Å². The van der Waals surface area contributed by atoms with Gasteiger partial charge in [-0.25, -0.2) is 24.4 Å². The van der Waals surface area contributed by atoms with Crippen LogP contribution in [0.15, 0.2) is 60.9 Å². The van der Waals surface area contributed by atoms with Gasteiger partial charge in [0, 0.05) is 52.1 Å². The number of phenolic OH excluding ortho intramolecular Hbond substituents is 1. The molecule has 380 valence electrons. The van der Waals surface area contributed by atoms with Gasteiger partial charge in [0.25, 0.3) is 0 Å². The van der Waals surface area contributed by atoms with Crippen LogP contribution in [0.5, 0.6) is 11.5 Å². The molecule has 0 unspecified atom stereocenters. The van der Waals surface area contributed by atoms with E-state index in [1.54, 1.807) is 82.8 Å². The summed E-state index contributed by atoms with van der Waals surface area (Å²) in [6.45, 7) is 22.5. The molecule has 0 spiro atoms. The molecule has 23 nitrogen and oxygen atoms in total. The fraction of sp³-hybridized carbons (Fsp3) is 0.511. The molecule has 1 saturated heterocycles. The summed E-state index contributed by atoms with van der Waals surface area (Å²) in [4.78, 5) is 82.7. The third-order valence-electron chi connectivity index (χ3n) is 10.2. The van der Waals surface area contributed by atoms with Gasteiger partial charge in [-0.2, -0.15) is 9.97 Å². The zero-order valence-electron chi connectivity index (χ0n) is 41.5. The molecule has 0 bridgehead atoms. The maximum Gasteiger partial charge on any atom is 0.415 e. The van der Waals surface area contributed by atoms with Crippen molar-refractivity contribution in [2.24, 2.45) is 0 Å². The Morgan fingerprint density at radius 2 is 1.09 bits per heavy atom. The number of hydrogen-bond donors (Lipinski definition) is 3. The van der Waals surface area contributed by atoms with Crippen molar-refractivity contribution in [3.8, 4) is 11.5 Å². The van der Waals surface area contributed by atoms with E-state index in [1.807, 2.05) is 37.5 Å². The van der Waals surface area contributed by atoms with E-state index in [1.165, 1.54) is 12.1 Å². The lowest BCUT2D eigenvalue weighted by Gasteiger charge is -2.26. The van der Waals surface area contributed by atoms with Gasteiger partial charge in [0.1, 0.15) is 47.2 Å². The van der Waals surface area contributed by atoms with Gasteiger partial charge >= 0.3 is 29.4 Å². The van der Waals surface area contributed by atoms with Gasteiger partial charge in [0.05, 0.1) is 23.1 Å². The normalized spacial score (nSPS) is 13.4. The molecule has 1 fully saturated rings. The molecule has 70 heavy (non-hydrogen) atoms. The molecule has 0 radical (unpaired) electrons. The molecule has 2 atom stereocenters. The Bertz CT molecular complexity index is 2380. The molecule has 3 N–H and O–H groups in total. The van der Waals surface area contributed by atoms with Crippen molar-refractivity contribution < 1.29 is 48.3 Å². The topological polar surface area (TPSA) is 280 Å². The van der Waals surface area contributed by atoms with Crippen molar-refractivity contribution in [3.05, 3.63) is 92.3 Å². The van der Waals surface area contributed by atoms with Crippen LogP contribution in [-0.2, 0) is 36.6 Å². The van der Waals surface area contributed by atoms with Crippen LogP contribution in [0.4, 0.5) is 39.7 Å². The van der Waals surface area contributed by atoms with Gasteiger partial charge in [-0.05, 0) is 105 Å². The van der Waals surface area contributed by atoms with Crippen LogP contribution in [0.1, 0.15) is 80.4 Å². The quantitative estimate of drug-likeness (QED) is 0.0499. The Morgan fingerprint density at radius 1 is 0.700 bits per heavy atom. The van der Waals surface area contributed by atoms with E-state index in [2.05, 4.69) is 30.6 Å². The minimum absolute atomic E-state index is 0.0588. The Morgan fingerprint density at radius 3 is 1.44 bits per heavy atom. The second kappa shape index (κ2) is 25.3. The van der Waals surface area contributed by atoms with Gasteiger partial charge in [0.2, 0.25) is 23.5 Å². The van der Waals surface area contributed by atoms with Crippen molar-refractivity contribution in [2.75, 3.05) is 72.9 Å². The van der Waals surface area contributed by atoms with Gasteiger partial charge in [-0.15, -0.1) is 0 Å². The number of nitro groups is 2. The second-order valence-electron chi connectivity index (χ2n) is 17.8. The zero-order valence-corrected chi connectivity index (χ0v) is 41.5. The van der Waals surface area contributed by atoms with Gasteiger partial charge in [0.15, 0.2) is 0 Å². The molecule has 1 amide bonds. The number of phenols is 1. The molecule has 0 aliphatic carbocycles. The molecule has 4 aromatic rings. The third-order valence-corrected chi connectivity index (χ3v) is 10.2. The van der Waals surface area contributed by atoms with Crippen molar-refractivity contribution in [1.82, 2.24) is 24.8 Å². The molecule has 0 saturated carbocycles. The summed E-state index contributed by atoms with van der Waals surface area (Å²) in [5.41, 5.74) is -0.763. The molecule has 23 heteroatoms. The number of nitrogens with one attached hydrogen (secondary N) is 2. The molecular weight excluding hydrogens is 911 g/mol. The number of aromatic nitrogens is 4. The highest BCUT2D eigenvalue weighted by Crippen LogP contribution is 2.28. The predicted octanol–water partition coefficient (Wildman–Crippen LogP) is 6.73. The molecule has 1 aliphatic rings. The summed E-state index contributed by atoms with van der Waals surface area (Å²) in [5, 5.41) is 38.6. The maximum absolute atomic E-state index is 13.2. The monoisotopic (exact) mass is 975 g/mol. The fourth-order valence-corrected chi connectivity index (χ4v) is 6.70. The Labute approximate surface area is 407 Å². The summed E-state index contributed by atoms with van der Waals surface area (Å²) < 4.78 is 21.8. The number of nitrogens with zero attached hydrogens (tertiary/aromatic N) is 9. The van der Waals surface area contributed by atoms with Crippen LogP contribution in [0, 0.1) is 20.2 Å². The first kappa shape index (κ1) is 55.2. The number of anilines is 4. The number of amides is 1. The third kappa shape index (κ3) is 17.0. The highest BCUT2D eigenvalue weighted by Gasteiger charge is 2.31. The van der Waals surface area contributed by atoms with E-state index in [4.69, 9.17) is 18.9 Å². The smallest absolute Gasteiger partial charge is 0.415 e. The first-order valence-electron chi connectivity index (χ1n) is 23.0. The van der Waals surface area contributed by atoms with Gasteiger partial charge < -0.3 is 49.4 Å². The molecule has 3 heterocycles. The number of aromatic hydroxyl groups is 1. The summed E-state index contributed by atoms with van der Waals surface area (Å²) in [6.07, 6.45) is 2.12. The van der Waals surface area contributed by atoms with E-state index >= 15 is 0 Å². The Hall–Kier alpha value is -7.43. The van der Waals surface area contributed by atoms with E-state index in [-0.39, 0.29) is 41.6 Å². The van der Waals surface area contributed by atoms with Crippen molar-refractivity contribution >= 4 is 52.9 Å². The van der Waals surface area contributed by atoms with Crippen LogP contribution in [-0.4, -0.2) is 134 Å². The van der Waals surface area contributed by atoms with Gasteiger partial charge in [-0.1, -0.05) is 24.3 Å². The minimum atomic E-state index is -0.996. The van der Waals surface area contributed by atoms with Crippen molar-refractivity contribution in [3.63, 3.8) is 0 Å². The van der Waals surface area contributed by atoms with E-state index < -0.39 is 51.2 Å². The summed E-state index contributed by atoms with van der Waals surface area (Å²) in [5.74, 6) is -0.220. The highest BCUT2D eigenvalue weighted by molar-refractivity contribution is 5.82. The van der Waals surface area contributed by atoms with Crippen LogP contribution in [0.3, 0.4) is 0 Å². The summed E-state index contributed by atoms with van der Waals surface area (Å²) in [6, 6.07) is 11.1. The Balaban J connectivity index is 0.000000313. The molecule has 2 aromatic carbocycles. The Kier molecular flexibility index (Phi) is 19.9. The number of esters is 2. The molecular formula is C47H65N11O12. The summed E-state index contributed by atoms with van der Waals surface area (Å²) in [7, 11) is 0. The van der Waals surface area contributed by atoms with Crippen LogP contribution < -0.4 is 25.2 Å². The maximum atomic E-state index is 13.2. The molecule has 1 aliphatic heterocycles. The number of ether oxygens (including phenoxy) is 4. The SMILES string of the molecule is CCN(CC)c1ncc([N+](=O)[O-])c(N[C@@H](Cc2ccc(O)cc2)C(=O)OC(C)(C)C)n1.CCN(CC)c1ncc([N+](=O)[O-])c(N[C@@H](Cc2ccc(OC(=O)N3CCOCC3)cc2)C(=O)OC(C)(C)C)n1. The zero-order chi connectivity index (χ0) is 51.8. The average molecular weight is 976 g/mol. The van der Waals surface area contributed by atoms with Crippen LogP contribution in [0.2, 0.25) is 0 Å². The standard InChI is InChI=1S/C26H36N6O7.C21H29N5O5/c1-6-30(7-2)24-27-17-21(32(35)36)22(29-24)28-20(23(33)39-26(3,4)5)16-18-8-10-19(11-9-18)38-25(34)31-12-14-37-15-13-31;1-6-25(7-2)20-22-13-17(26(29)30)18(24-20)23-16(19(28)31-21(3,4)5)12-14-8-10-15(27)11-9-14/h8-11,17,20H,6-7,12-16H2,1-5H3,(H,27,28,29);8-11,13,16,27H,6-7,12H2,1-5H3,(H,22,23,24)/t20-;16-/m00/s1. The first-order chi connectivity index (χ1) is 33.0. The van der Waals surface area contributed by atoms with Crippen molar-refractivity contribution in [1.29, 1.82) is 0 Å². The number of rotatable bonds is 19. The lowest BCUT2D eigenvalue weighted by Crippen LogP contribution is -2.42. The van der Waals surface area contributed by atoms with Crippen molar-refractivity contribution in [2.45, 2.75) is 105 Å². The van der Waals surface area contributed by atoms with Crippen LogP contribution >= 0.6 is 0 Å². The number of benzene rings is 2. The first-order valence-corrected chi connectivity index (χ1v) is 23.0. The van der Waals surface area contributed by atoms with E-state index in [0.717, 1.165) is 18.0 Å². The number of morpholine rings is 1. The fourth-order valence-electron chi connectivity index (χ4n) is 6.70. The largest absolute Gasteiger partial charge is 0.508 e. The van der Waals surface area contributed by atoms with E-state index in [0.29, 0.717) is 75.7 Å². The molecule has 2 aromatic heterocycles. The number of hydrogen-bond acceptors (Lipinski definition) is 20. The lowest BCUT2D eigenvalue weighted by molar-refractivity contribution is -0.384. The molecule has 5 rings (SSSR count). The predicted molar refractivity (Wildman–Crippen MR) is 261 cm³/mol. The summed E-state index contributed by atoms with van der Waals surface area (Å²) >= 11 is 0. The number of carbonyl (C=O) groups excluding carboxylic acids is 3. The second-order valence-corrected chi connectivity index (χ2v) is 17.8. The number of carbonyl (C=O) groups is 3. The minimum Gasteiger partial charge on any atom is -0.508 e. The lowest BCUT2D eigenvalue weighted by atomic mass is 10.1. The van der Waals surface area contributed by atoms with Gasteiger partial charge in [-0.3, -0.25) is 20.2 Å². The highest BCUT2D eigenvalue weighted by atomic mass is 16.6. The average Bonchev–Trinajstić information content (AvgIpc) is 3.30.